The van der Waals surface area contributed by atoms with Gasteiger partial charge in [0.05, 0.1) is 29.6 Å². The van der Waals surface area contributed by atoms with Crippen molar-refractivity contribution in [1.29, 1.82) is 0 Å². The number of hydrogen-bond acceptors (Lipinski definition) is 8. The van der Waals surface area contributed by atoms with Gasteiger partial charge in [0.15, 0.2) is 27.1 Å². The van der Waals surface area contributed by atoms with Crippen molar-refractivity contribution in [3.8, 4) is 28.6 Å². The van der Waals surface area contributed by atoms with E-state index in [1.54, 1.807) is 19.2 Å². The van der Waals surface area contributed by atoms with Crippen LogP contribution in [-0.2, 0) is 9.84 Å². The standard InChI is InChI=1S/C20H20N2O6S/c1-3-29(23,24)14-5-7-16(25-2)15(11-14)22-20-21-12-19(28-20)13-4-6-17-18(10-13)27-9-8-26-17/h4-7,10-12H,3,8-9H2,1-2H3,(H,21,22). The maximum Gasteiger partial charge on any atom is 0.299 e. The van der Waals surface area contributed by atoms with Crippen molar-refractivity contribution in [2.24, 2.45) is 0 Å². The van der Waals surface area contributed by atoms with Gasteiger partial charge in [0.1, 0.15) is 19.0 Å². The SMILES string of the molecule is CCS(=O)(=O)c1ccc(OC)c(Nc2ncc(-c3ccc4c(c3)OCCO4)o2)c1. The molecule has 0 bridgehead atoms. The van der Waals surface area contributed by atoms with E-state index in [-0.39, 0.29) is 16.7 Å². The van der Waals surface area contributed by atoms with Gasteiger partial charge in [0.25, 0.3) is 6.01 Å². The normalized spacial score (nSPS) is 13.2. The molecule has 3 aromatic rings. The summed E-state index contributed by atoms with van der Waals surface area (Å²) in [4.78, 5) is 4.43. The van der Waals surface area contributed by atoms with Crippen LogP contribution >= 0.6 is 0 Å². The molecule has 0 aliphatic carbocycles. The molecule has 0 fully saturated rings. The minimum Gasteiger partial charge on any atom is -0.495 e. The summed E-state index contributed by atoms with van der Waals surface area (Å²) in [5.74, 6) is 2.35. The summed E-state index contributed by atoms with van der Waals surface area (Å²) in [6.07, 6.45) is 1.58. The number of rotatable bonds is 6. The highest BCUT2D eigenvalue weighted by atomic mass is 32.2. The monoisotopic (exact) mass is 416 g/mol. The first kappa shape index (κ1) is 19.1. The molecule has 4 rings (SSSR count). The van der Waals surface area contributed by atoms with E-state index in [2.05, 4.69) is 10.3 Å². The summed E-state index contributed by atoms with van der Waals surface area (Å²) in [6, 6.07) is 10.3. The number of anilines is 2. The zero-order valence-electron chi connectivity index (χ0n) is 16.0. The number of hydrogen-bond donors (Lipinski definition) is 1. The molecule has 9 heteroatoms. The number of methoxy groups -OCH3 is 1. The maximum absolute atomic E-state index is 12.2. The molecule has 0 amide bonds. The van der Waals surface area contributed by atoms with Crippen LogP contribution in [0, 0.1) is 0 Å². The topological polar surface area (TPSA) is 99.9 Å². The number of fused-ring (bicyclic) bond motifs is 1. The van der Waals surface area contributed by atoms with Crippen molar-refractivity contribution in [2.45, 2.75) is 11.8 Å². The Hall–Kier alpha value is -3.20. The van der Waals surface area contributed by atoms with E-state index in [0.717, 1.165) is 5.56 Å². The number of benzene rings is 2. The number of oxazole rings is 1. The Balaban J connectivity index is 1.62. The molecule has 1 aliphatic rings. The molecule has 0 atom stereocenters. The lowest BCUT2D eigenvalue weighted by Crippen LogP contribution is -2.15. The maximum atomic E-state index is 12.2. The Labute approximate surface area is 168 Å². The van der Waals surface area contributed by atoms with Gasteiger partial charge in [-0.25, -0.2) is 13.4 Å². The predicted octanol–water partition coefficient (Wildman–Crippen LogP) is 3.66. The molecular weight excluding hydrogens is 396 g/mol. The number of nitrogens with one attached hydrogen (secondary N) is 1. The second kappa shape index (κ2) is 7.67. The Kier molecular flexibility index (Phi) is 5.06. The summed E-state index contributed by atoms with van der Waals surface area (Å²) in [6.45, 7) is 2.62. The van der Waals surface area contributed by atoms with Gasteiger partial charge < -0.3 is 23.9 Å². The van der Waals surface area contributed by atoms with Gasteiger partial charge in [0.2, 0.25) is 0 Å². The molecule has 0 radical (unpaired) electrons. The lowest BCUT2D eigenvalue weighted by molar-refractivity contribution is 0.171. The number of nitrogens with zero attached hydrogens (tertiary/aromatic N) is 1. The molecule has 8 nitrogen and oxygen atoms in total. The molecule has 2 aromatic carbocycles. The van der Waals surface area contributed by atoms with Crippen molar-refractivity contribution >= 4 is 21.5 Å². The molecule has 1 aromatic heterocycles. The molecule has 0 unspecified atom stereocenters. The van der Waals surface area contributed by atoms with Crippen LogP contribution in [0.3, 0.4) is 0 Å². The zero-order valence-corrected chi connectivity index (χ0v) is 16.8. The largest absolute Gasteiger partial charge is 0.495 e. The molecule has 152 valence electrons. The molecule has 29 heavy (non-hydrogen) atoms. The predicted molar refractivity (Wildman–Crippen MR) is 107 cm³/mol. The van der Waals surface area contributed by atoms with Gasteiger partial charge >= 0.3 is 0 Å². The van der Waals surface area contributed by atoms with Gasteiger partial charge in [-0.15, -0.1) is 0 Å². The Morgan fingerprint density at radius 3 is 2.66 bits per heavy atom. The van der Waals surface area contributed by atoms with E-state index in [9.17, 15) is 8.42 Å². The Morgan fingerprint density at radius 1 is 1.10 bits per heavy atom. The first-order chi connectivity index (χ1) is 14.0. The lowest BCUT2D eigenvalue weighted by Gasteiger charge is -2.18. The van der Waals surface area contributed by atoms with Crippen LogP contribution in [0.25, 0.3) is 11.3 Å². The molecule has 1 N–H and O–H groups in total. The fourth-order valence-corrected chi connectivity index (χ4v) is 3.83. The van der Waals surface area contributed by atoms with Crippen molar-refractivity contribution < 1.29 is 27.0 Å². The third kappa shape index (κ3) is 3.86. The summed E-state index contributed by atoms with van der Waals surface area (Å²) in [7, 11) is -1.85. The summed E-state index contributed by atoms with van der Waals surface area (Å²) >= 11 is 0. The van der Waals surface area contributed by atoms with Crippen LogP contribution in [0.4, 0.5) is 11.7 Å². The number of aromatic nitrogens is 1. The molecule has 2 heterocycles. The van der Waals surface area contributed by atoms with Crippen molar-refractivity contribution in [1.82, 2.24) is 4.98 Å². The summed E-state index contributed by atoms with van der Waals surface area (Å²) in [5.41, 5.74) is 1.22. The van der Waals surface area contributed by atoms with Gasteiger partial charge in [0, 0.05) is 5.56 Å². The van der Waals surface area contributed by atoms with Crippen LogP contribution < -0.4 is 19.5 Å². The van der Waals surface area contributed by atoms with Crippen LogP contribution in [0.2, 0.25) is 0 Å². The van der Waals surface area contributed by atoms with E-state index >= 15 is 0 Å². The summed E-state index contributed by atoms with van der Waals surface area (Å²) in [5, 5.41) is 2.99. The second-order valence-corrected chi connectivity index (χ2v) is 8.56. The quantitative estimate of drug-likeness (QED) is 0.650. The number of ether oxygens (including phenoxy) is 3. The van der Waals surface area contributed by atoms with Crippen molar-refractivity contribution in [2.75, 3.05) is 31.4 Å². The second-order valence-electron chi connectivity index (χ2n) is 6.28. The third-order valence-electron chi connectivity index (χ3n) is 4.48. The average molecular weight is 416 g/mol. The zero-order chi connectivity index (χ0) is 20.4. The van der Waals surface area contributed by atoms with Crippen molar-refractivity contribution in [3.05, 3.63) is 42.6 Å². The van der Waals surface area contributed by atoms with Crippen molar-refractivity contribution in [3.63, 3.8) is 0 Å². The molecule has 1 aliphatic heterocycles. The lowest BCUT2D eigenvalue weighted by atomic mass is 10.1. The third-order valence-corrected chi connectivity index (χ3v) is 6.22. The highest BCUT2D eigenvalue weighted by Gasteiger charge is 2.17. The smallest absolute Gasteiger partial charge is 0.299 e. The van der Waals surface area contributed by atoms with Gasteiger partial charge in [-0.2, -0.15) is 0 Å². The highest BCUT2D eigenvalue weighted by molar-refractivity contribution is 7.91. The minimum atomic E-state index is -3.36. The van der Waals surface area contributed by atoms with E-state index in [4.69, 9.17) is 18.6 Å². The van der Waals surface area contributed by atoms with Gasteiger partial charge in [-0.1, -0.05) is 6.92 Å². The van der Waals surface area contributed by atoms with E-state index in [0.29, 0.717) is 41.9 Å². The highest BCUT2D eigenvalue weighted by Crippen LogP contribution is 2.36. The molecule has 0 saturated carbocycles. The van der Waals surface area contributed by atoms with Gasteiger partial charge in [-0.3, -0.25) is 0 Å². The molecule has 0 spiro atoms. The minimum absolute atomic E-state index is 0.00599. The molecule has 0 saturated heterocycles. The van der Waals surface area contributed by atoms with Gasteiger partial charge in [-0.05, 0) is 36.4 Å². The van der Waals surface area contributed by atoms with E-state index in [1.807, 2.05) is 18.2 Å². The van der Waals surface area contributed by atoms with E-state index in [1.165, 1.54) is 19.2 Å². The van der Waals surface area contributed by atoms with Crippen LogP contribution in [0.15, 0.2) is 51.9 Å². The Bertz CT molecular complexity index is 1140. The van der Waals surface area contributed by atoms with Crippen LogP contribution in [0.5, 0.6) is 17.2 Å². The first-order valence-electron chi connectivity index (χ1n) is 9.04. The average Bonchev–Trinajstić information content (AvgIpc) is 3.22. The molecular formula is C20H20N2O6S. The van der Waals surface area contributed by atoms with Crippen LogP contribution in [-0.4, -0.2) is 39.5 Å². The number of sulfone groups is 1. The fourth-order valence-electron chi connectivity index (χ4n) is 2.92. The first-order valence-corrected chi connectivity index (χ1v) is 10.7. The van der Waals surface area contributed by atoms with Crippen LogP contribution in [0.1, 0.15) is 6.92 Å². The Morgan fingerprint density at radius 2 is 1.90 bits per heavy atom. The summed E-state index contributed by atoms with van der Waals surface area (Å²) < 4.78 is 46.6. The fraction of sp³-hybridized carbons (Fsp3) is 0.250. The van der Waals surface area contributed by atoms with E-state index < -0.39 is 9.84 Å².